The molecule has 2 rings (SSSR count). The molecule has 0 aromatic carbocycles. The largest absolute Gasteiger partial charge is 0.381 e. The van der Waals surface area contributed by atoms with Gasteiger partial charge in [0, 0.05) is 25.7 Å². The maximum absolute atomic E-state index is 12.3. The molecule has 0 saturated carbocycles. The first-order valence-electron chi connectivity index (χ1n) is 7.43. The minimum Gasteiger partial charge on any atom is -0.381 e. The topological polar surface area (TPSA) is 35.5 Å². The molecule has 2 fully saturated rings. The third-order valence-corrected chi connectivity index (χ3v) is 5.44. The molecular weight excluding hydrogens is 260 g/mol. The van der Waals surface area contributed by atoms with Gasteiger partial charge in [0.15, 0.2) is 0 Å². The number of carbonyl (C=O) groups excluding carboxylic acids is 1. The van der Waals surface area contributed by atoms with Gasteiger partial charge in [-0.15, -0.1) is 0 Å². The molecule has 2 saturated heterocycles. The van der Waals surface area contributed by atoms with E-state index < -0.39 is 0 Å². The van der Waals surface area contributed by atoms with E-state index in [2.05, 4.69) is 13.8 Å². The van der Waals surface area contributed by atoms with Crippen molar-refractivity contribution in [2.24, 2.45) is 11.8 Å². The Labute approximate surface area is 120 Å². The van der Waals surface area contributed by atoms with Crippen molar-refractivity contribution in [1.82, 2.24) is 0 Å². The molecule has 0 aromatic heterocycles. The summed E-state index contributed by atoms with van der Waals surface area (Å²) in [5.41, 5.74) is -0.0560. The van der Waals surface area contributed by atoms with E-state index in [0.717, 1.165) is 51.3 Å². The molecule has 0 radical (unpaired) electrons. The second-order valence-electron chi connectivity index (χ2n) is 6.21. The monoisotopic (exact) mass is 286 g/mol. The first-order valence-corrected chi connectivity index (χ1v) is 8.59. The number of thioether (sulfide) groups is 1. The smallest absolute Gasteiger partial charge is 0.146 e. The zero-order valence-electron chi connectivity index (χ0n) is 12.2. The molecule has 2 aliphatic heterocycles. The molecule has 1 atom stereocenters. The van der Waals surface area contributed by atoms with Crippen LogP contribution >= 0.6 is 11.8 Å². The highest BCUT2D eigenvalue weighted by Crippen LogP contribution is 2.37. The van der Waals surface area contributed by atoms with Crippen molar-refractivity contribution in [3.63, 3.8) is 0 Å². The Balaban J connectivity index is 1.81. The molecule has 19 heavy (non-hydrogen) atoms. The van der Waals surface area contributed by atoms with E-state index in [9.17, 15) is 4.79 Å². The van der Waals surface area contributed by atoms with E-state index in [-0.39, 0.29) is 11.5 Å². The lowest BCUT2D eigenvalue weighted by molar-refractivity contribution is -0.155. The number of Topliss-reactive ketones (excluding diaryl/α,β-unsaturated/α-hetero) is 1. The van der Waals surface area contributed by atoms with Gasteiger partial charge in [-0.1, -0.05) is 13.8 Å². The zero-order chi connectivity index (χ0) is 13.7. The number of rotatable bonds is 5. The highest BCUT2D eigenvalue weighted by Gasteiger charge is 2.40. The van der Waals surface area contributed by atoms with E-state index in [4.69, 9.17) is 9.47 Å². The second-order valence-corrected chi connectivity index (χ2v) is 7.24. The van der Waals surface area contributed by atoms with Crippen molar-refractivity contribution in [3.8, 4) is 0 Å². The highest BCUT2D eigenvalue weighted by molar-refractivity contribution is 7.99. The van der Waals surface area contributed by atoms with Crippen molar-refractivity contribution < 1.29 is 14.3 Å². The lowest BCUT2D eigenvalue weighted by Gasteiger charge is -2.42. The first-order chi connectivity index (χ1) is 9.11. The van der Waals surface area contributed by atoms with Crippen molar-refractivity contribution in [3.05, 3.63) is 0 Å². The van der Waals surface area contributed by atoms with Crippen LogP contribution in [0.1, 0.15) is 39.5 Å². The number of hydrogen-bond donors (Lipinski definition) is 0. The van der Waals surface area contributed by atoms with E-state index in [1.165, 1.54) is 0 Å². The van der Waals surface area contributed by atoms with Gasteiger partial charge in [-0.3, -0.25) is 4.79 Å². The van der Waals surface area contributed by atoms with Gasteiger partial charge < -0.3 is 9.47 Å². The predicted molar refractivity (Wildman–Crippen MR) is 78.6 cm³/mol. The Morgan fingerprint density at radius 2 is 2.05 bits per heavy atom. The normalized spacial score (nSPS) is 26.8. The summed E-state index contributed by atoms with van der Waals surface area (Å²) < 4.78 is 11.4. The summed E-state index contributed by atoms with van der Waals surface area (Å²) >= 11 is 1.78. The van der Waals surface area contributed by atoms with E-state index in [1.54, 1.807) is 11.8 Å². The fraction of sp³-hybridized carbons (Fsp3) is 0.933. The van der Waals surface area contributed by atoms with Gasteiger partial charge in [0.1, 0.15) is 5.78 Å². The molecule has 0 amide bonds. The van der Waals surface area contributed by atoms with Crippen LogP contribution in [0.15, 0.2) is 0 Å². The van der Waals surface area contributed by atoms with Crippen molar-refractivity contribution in [2.45, 2.75) is 45.1 Å². The van der Waals surface area contributed by atoms with Crippen LogP contribution in [0.3, 0.4) is 0 Å². The molecule has 2 heterocycles. The summed E-state index contributed by atoms with van der Waals surface area (Å²) in [6.45, 7) is 6.70. The average molecular weight is 286 g/mol. The third kappa shape index (κ3) is 4.47. The van der Waals surface area contributed by atoms with Crippen LogP contribution in [0.25, 0.3) is 0 Å². The Morgan fingerprint density at radius 1 is 1.32 bits per heavy atom. The first kappa shape index (κ1) is 15.3. The van der Waals surface area contributed by atoms with Crippen LogP contribution in [-0.4, -0.2) is 42.7 Å². The average Bonchev–Trinajstić information content (AvgIpc) is 2.39. The van der Waals surface area contributed by atoms with Gasteiger partial charge in [-0.2, -0.15) is 11.8 Å². The highest BCUT2D eigenvalue weighted by atomic mass is 32.2. The fourth-order valence-electron chi connectivity index (χ4n) is 2.91. The van der Waals surface area contributed by atoms with Crippen molar-refractivity contribution in [1.29, 1.82) is 0 Å². The predicted octanol–water partition coefficient (Wildman–Crippen LogP) is 2.92. The Bertz CT molecular complexity index is 292. The molecule has 0 aromatic rings. The maximum Gasteiger partial charge on any atom is 0.146 e. The molecule has 0 bridgehead atoms. The van der Waals surface area contributed by atoms with Gasteiger partial charge in [-0.05, 0) is 37.4 Å². The molecular formula is C15H26O3S. The number of ketones is 1. The maximum atomic E-state index is 12.3. The van der Waals surface area contributed by atoms with E-state index in [1.807, 2.05) is 0 Å². The van der Waals surface area contributed by atoms with Gasteiger partial charge in [0.05, 0.1) is 11.4 Å². The molecule has 0 N–H and O–H groups in total. The Kier molecular flexibility index (Phi) is 5.72. The summed E-state index contributed by atoms with van der Waals surface area (Å²) in [4.78, 5) is 12.3. The standard InChI is InChI=1S/C15H26O3S/c1-12(2)10-19-11-14(16)13-3-6-18-15(9-13)4-7-17-8-5-15/h12-13H,3-11H2,1-2H3. The second kappa shape index (κ2) is 7.09. The molecule has 3 nitrogen and oxygen atoms in total. The summed E-state index contributed by atoms with van der Waals surface area (Å²) in [7, 11) is 0. The number of carbonyl (C=O) groups is 1. The van der Waals surface area contributed by atoms with Gasteiger partial charge in [0.2, 0.25) is 0 Å². The van der Waals surface area contributed by atoms with Crippen LogP contribution in [0.2, 0.25) is 0 Å². The summed E-state index contributed by atoms with van der Waals surface area (Å²) in [5.74, 6) is 3.06. The van der Waals surface area contributed by atoms with Crippen LogP contribution in [0, 0.1) is 11.8 Å². The van der Waals surface area contributed by atoms with Crippen molar-refractivity contribution >= 4 is 17.5 Å². The van der Waals surface area contributed by atoms with E-state index in [0.29, 0.717) is 17.5 Å². The van der Waals surface area contributed by atoms with Crippen LogP contribution in [-0.2, 0) is 14.3 Å². The third-order valence-electron chi connectivity index (χ3n) is 4.05. The van der Waals surface area contributed by atoms with Crippen molar-refractivity contribution in [2.75, 3.05) is 31.3 Å². The van der Waals surface area contributed by atoms with Crippen LogP contribution < -0.4 is 0 Å². The molecule has 2 aliphatic rings. The molecule has 4 heteroatoms. The van der Waals surface area contributed by atoms with Gasteiger partial charge >= 0.3 is 0 Å². The molecule has 1 spiro atoms. The minimum absolute atomic E-state index is 0.0560. The fourth-order valence-corrected chi connectivity index (χ4v) is 3.93. The SMILES string of the molecule is CC(C)CSCC(=O)C1CCOC2(CCOCC2)C1. The lowest BCUT2D eigenvalue weighted by Crippen LogP contribution is -2.46. The summed E-state index contributed by atoms with van der Waals surface area (Å²) in [5, 5.41) is 0. The Hall–Kier alpha value is -0.0600. The van der Waals surface area contributed by atoms with Gasteiger partial charge in [-0.25, -0.2) is 0 Å². The molecule has 1 unspecified atom stereocenters. The molecule has 110 valence electrons. The van der Waals surface area contributed by atoms with Crippen LogP contribution in [0.4, 0.5) is 0 Å². The van der Waals surface area contributed by atoms with Gasteiger partial charge in [0.25, 0.3) is 0 Å². The minimum atomic E-state index is -0.0560. The number of ether oxygens (including phenoxy) is 2. The summed E-state index contributed by atoms with van der Waals surface area (Å²) in [6.07, 6.45) is 3.73. The lowest BCUT2D eigenvalue weighted by atomic mass is 9.79. The Morgan fingerprint density at radius 3 is 2.74 bits per heavy atom. The quantitative estimate of drug-likeness (QED) is 0.778. The number of hydrogen-bond acceptors (Lipinski definition) is 4. The van der Waals surface area contributed by atoms with Crippen LogP contribution in [0.5, 0.6) is 0 Å². The summed E-state index contributed by atoms with van der Waals surface area (Å²) in [6, 6.07) is 0. The van der Waals surface area contributed by atoms with E-state index >= 15 is 0 Å². The zero-order valence-corrected chi connectivity index (χ0v) is 13.0. The molecule has 0 aliphatic carbocycles.